The average Bonchev–Trinajstić information content (AvgIpc) is 3.48. The van der Waals surface area contributed by atoms with E-state index in [2.05, 4.69) is 156 Å². The smallest absolute Gasteiger partial charge is 0.0548 e. The molecule has 39 heavy (non-hydrogen) atoms. The topological polar surface area (TPSA) is 9.86 Å². The summed E-state index contributed by atoms with van der Waals surface area (Å²) in [4.78, 5) is 0. The van der Waals surface area contributed by atoms with Crippen LogP contribution in [0.25, 0.3) is 71.6 Å². The minimum Gasteiger partial charge on any atom is -0.344 e. The normalized spacial score (nSPS) is 11.7. The lowest BCUT2D eigenvalue weighted by Gasteiger charge is -2.10. The van der Waals surface area contributed by atoms with Crippen LogP contribution in [0.2, 0.25) is 0 Å². The molecule has 8 rings (SSSR count). The van der Waals surface area contributed by atoms with Crippen molar-refractivity contribution in [3.8, 4) is 27.9 Å². The largest absolute Gasteiger partial charge is 0.344 e. The van der Waals surface area contributed by atoms with Gasteiger partial charge in [0.25, 0.3) is 0 Å². The van der Waals surface area contributed by atoms with Gasteiger partial charge in [-0.05, 0) is 64.7 Å². The second-order valence-electron chi connectivity index (χ2n) is 10.3. The molecule has 0 radical (unpaired) electrons. The monoisotopic (exact) mass is 498 g/mol. The Morgan fingerprint density at radius 3 is 1.64 bits per heavy atom. The summed E-state index contributed by atoms with van der Waals surface area (Å²) >= 11 is 0. The molecule has 0 atom stereocenters. The molecule has 0 fully saturated rings. The van der Waals surface area contributed by atoms with E-state index in [9.17, 15) is 0 Å². The number of nitrogens with zero attached hydrogens (tertiary/aromatic N) is 2. The Morgan fingerprint density at radius 1 is 0.359 bits per heavy atom. The van der Waals surface area contributed by atoms with Crippen molar-refractivity contribution in [2.24, 2.45) is 7.05 Å². The van der Waals surface area contributed by atoms with E-state index in [1.54, 1.807) is 0 Å². The maximum Gasteiger partial charge on any atom is 0.0548 e. The molecule has 8 aromatic rings. The van der Waals surface area contributed by atoms with Gasteiger partial charge in [0.2, 0.25) is 0 Å². The van der Waals surface area contributed by atoms with E-state index in [1.807, 2.05) is 0 Å². The molecule has 0 aliphatic heterocycles. The van der Waals surface area contributed by atoms with Crippen LogP contribution in [0.1, 0.15) is 0 Å². The van der Waals surface area contributed by atoms with E-state index in [1.165, 1.54) is 71.6 Å². The molecular weight excluding hydrogens is 472 g/mol. The summed E-state index contributed by atoms with van der Waals surface area (Å²) in [6.45, 7) is 0. The summed E-state index contributed by atoms with van der Waals surface area (Å²) < 4.78 is 4.73. The van der Waals surface area contributed by atoms with Gasteiger partial charge in [0, 0.05) is 45.3 Å². The highest BCUT2D eigenvalue weighted by molar-refractivity contribution is 6.18. The lowest BCUT2D eigenvalue weighted by atomic mass is 9.99. The van der Waals surface area contributed by atoms with Crippen molar-refractivity contribution >= 4 is 43.6 Å². The lowest BCUT2D eigenvalue weighted by molar-refractivity contribution is 1.02. The first-order valence-corrected chi connectivity index (χ1v) is 13.4. The van der Waals surface area contributed by atoms with Gasteiger partial charge in [-0.25, -0.2) is 0 Å². The lowest BCUT2D eigenvalue weighted by Crippen LogP contribution is -1.94. The predicted octanol–water partition coefficient (Wildman–Crippen LogP) is 9.76. The SMILES string of the molecule is Cn1c2ccccc2c2cc3c(cc21)c1ccccc1n3-c1ccc(-c2cccc(-c3ccccc3)c2)cc1. The Kier molecular flexibility index (Phi) is 4.77. The number of hydrogen-bond acceptors (Lipinski definition) is 0. The molecular formula is C37H26N2. The Labute approximate surface area is 227 Å². The molecule has 6 aromatic carbocycles. The molecule has 0 amide bonds. The fraction of sp³-hybridized carbons (Fsp3) is 0.0270. The third-order valence-electron chi connectivity index (χ3n) is 8.14. The number of para-hydroxylation sites is 2. The molecule has 0 aliphatic rings. The van der Waals surface area contributed by atoms with Crippen LogP contribution in [0.15, 0.2) is 140 Å². The Hall–Kier alpha value is -5.08. The molecule has 0 unspecified atom stereocenters. The summed E-state index contributed by atoms with van der Waals surface area (Å²) in [7, 11) is 2.17. The second-order valence-corrected chi connectivity index (χ2v) is 10.3. The standard InChI is InChI=1S/C37H26N2/c1-38-34-16-7-5-14-30(34)32-24-37-33(23-36(32)38)31-15-6-8-17-35(31)39(37)29-20-18-26(19-21-29)28-13-9-12-27(22-28)25-10-3-2-4-11-25/h2-24H,1H3. The zero-order chi connectivity index (χ0) is 25.9. The maximum atomic E-state index is 2.41. The van der Waals surface area contributed by atoms with Crippen LogP contribution in [-0.2, 0) is 7.05 Å². The quantitative estimate of drug-likeness (QED) is 0.229. The second kappa shape index (κ2) is 8.47. The van der Waals surface area contributed by atoms with Gasteiger partial charge in [-0.2, -0.15) is 0 Å². The molecule has 2 heterocycles. The van der Waals surface area contributed by atoms with Gasteiger partial charge in [0.05, 0.1) is 11.0 Å². The van der Waals surface area contributed by atoms with Crippen molar-refractivity contribution in [1.29, 1.82) is 0 Å². The third kappa shape index (κ3) is 3.35. The van der Waals surface area contributed by atoms with Gasteiger partial charge >= 0.3 is 0 Å². The van der Waals surface area contributed by atoms with Gasteiger partial charge in [-0.3, -0.25) is 0 Å². The first kappa shape index (κ1) is 22.0. The number of fused-ring (bicyclic) bond motifs is 6. The molecule has 184 valence electrons. The molecule has 2 heteroatoms. The summed E-state index contributed by atoms with van der Waals surface area (Å²) in [5.74, 6) is 0. The van der Waals surface area contributed by atoms with E-state index in [4.69, 9.17) is 0 Å². The van der Waals surface area contributed by atoms with Crippen molar-refractivity contribution in [2.75, 3.05) is 0 Å². The number of aromatic nitrogens is 2. The van der Waals surface area contributed by atoms with Crippen molar-refractivity contribution < 1.29 is 0 Å². The van der Waals surface area contributed by atoms with Crippen LogP contribution in [0.3, 0.4) is 0 Å². The zero-order valence-electron chi connectivity index (χ0n) is 21.7. The minimum atomic E-state index is 1.17. The van der Waals surface area contributed by atoms with E-state index in [-0.39, 0.29) is 0 Å². The molecule has 0 bridgehead atoms. The van der Waals surface area contributed by atoms with Gasteiger partial charge < -0.3 is 9.13 Å². The Bertz CT molecular complexity index is 2160. The minimum absolute atomic E-state index is 1.17. The molecule has 2 nitrogen and oxygen atoms in total. The first-order valence-electron chi connectivity index (χ1n) is 13.4. The summed E-state index contributed by atoms with van der Waals surface area (Å²) in [5, 5.41) is 5.14. The molecule has 2 aromatic heterocycles. The Balaban J connectivity index is 1.31. The average molecular weight is 499 g/mol. The van der Waals surface area contributed by atoms with Crippen LogP contribution >= 0.6 is 0 Å². The van der Waals surface area contributed by atoms with E-state index in [0.717, 1.165) is 0 Å². The van der Waals surface area contributed by atoms with Crippen LogP contribution in [-0.4, -0.2) is 9.13 Å². The van der Waals surface area contributed by atoms with Crippen molar-refractivity contribution in [1.82, 2.24) is 9.13 Å². The van der Waals surface area contributed by atoms with Crippen molar-refractivity contribution in [3.63, 3.8) is 0 Å². The van der Waals surface area contributed by atoms with Gasteiger partial charge in [0.1, 0.15) is 0 Å². The van der Waals surface area contributed by atoms with Crippen LogP contribution in [0, 0.1) is 0 Å². The van der Waals surface area contributed by atoms with Crippen LogP contribution < -0.4 is 0 Å². The third-order valence-corrected chi connectivity index (χ3v) is 8.14. The fourth-order valence-electron chi connectivity index (χ4n) is 6.21. The molecule has 0 saturated heterocycles. The number of aryl methyl sites for hydroxylation is 1. The maximum absolute atomic E-state index is 2.41. The van der Waals surface area contributed by atoms with Gasteiger partial charge in [-0.15, -0.1) is 0 Å². The highest BCUT2D eigenvalue weighted by atomic mass is 15.0. The number of hydrogen-bond donors (Lipinski definition) is 0. The van der Waals surface area contributed by atoms with E-state index < -0.39 is 0 Å². The fourth-order valence-corrected chi connectivity index (χ4v) is 6.21. The molecule has 0 spiro atoms. The van der Waals surface area contributed by atoms with E-state index in [0.29, 0.717) is 0 Å². The van der Waals surface area contributed by atoms with E-state index >= 15 is 0 Å². The number of benzene rings is 6. The predicted molar refractivity (Wildman–Crippen MR) is 166 cm³/mol. The zero-order valence-corrected chi connectivity index (χ0v) is 21.7. The van der Waals surface area contributed by atoms with Crippen molar-refractivity contribution in [2.45, 2.75) is 0 Å². The molecule has 0 N–H and O–H groups in total. The molecule has 0 aliphatic carbocycles. The molecule has 0 saturated carbocycles. The first-order chi connectivity index (χ1) is 19.3. The van der Waals surface area contributed by atoms with Gasteiger partial charge in [-0.1, -0.05) is 97.1 Å². The summed E-state index contributed by atoms with van der Waals surface area (Å²) in [6.07, 6.45) is 0. The highest BCUT2D eigenvalue weighted by Gasteiger charge is 2.16. The van der Waals surface area contributed by atoms with Crippen molar-refractivity contribution in [3.05, 3.63) is 140 Å². The number of rotatable bonds is 3. The van der Waals surface area contributed by atoms with Crippen LogP contribution in [0.5, 0.6) is 0 Å². The summed E-state index contributed by atoms with van der Waals surface area (Å²) in [6, 6.07) is 50.6. The highest BCUT2D eigenvalue weighted by Crippen LogP contribution is 2.38. The Morgan fingerprint density at radius 2 is 0.897 bits per heavy atom. The van der Waals surface area contributed by atoms with Crippen LogP contribution in [0.4, 0.5) is 0 Å². The summed E-state index contributed by atoms with van der Waals surface area (Å²) in [5.41, 5.74) is 11.1. The van der Waals surface area contributed by atoms with Gasteiger partial charge in [0.15, 0.2) is 0 Å².